The minimum absolute atomic E-state index is 0.00192. The Morgan fingerprint density at radius 1 is 1.39 bits per heavy atom. The van der Waals surface area contributed by atoms with Crippen molar-refractivity contribution in [2.75, 3.05) is 26.2 Å². The van der Waals surface area contributed by atoms with Gasteiger partial charge < -0.3 is 20.3 Å². The molecule has 0 saturated carbocycles. The van der Waals surface area contributed by atoms with Crippen molar-refractivity contribution in [2.45, 2.75) is 25.7 Å². The third-order valence-corrected chi connectivity index (χ3v) is 4.64. The number of para-hydroxylation sites is 1. The molecule has 2 heterocycles. The zero-order valence-corrected chi connectivity index (χ0v) is 13.4. The molecule has 1 unspecified atom stereocenters. The first-order valence-corrected chi connectivity index (χ1v) is 8.46. The number of nitrogens with zero attached hydrogens (tertiary/aromatic N) is 1. The predicted octanol–water partition coefficient (Wildman–Crippen LogP) is 2.51. The van der Waals surface area contributed by atoms with Crippen LogP contribution in [0, 0.1) is 5.92 Å². The highest BCUT2D eigenvalue weighted by molar-refractivity contribution is 5.83. The van der Waals surface area contributed by atoms with Gasteiger partial charge in [-0.1, -0.05) is 18.2 Å². The smallest absolute Gasteiger partial charge is 0.317 e. The van der Waals surface area contributed by atoms with E-state index in [4.69, 9.17) is 0 Å². The summed E-state index contributed by atoms with van der Waals surface area (Å²) in [6, 6.07) is 8.29. The summed E-state index contributed by atoms with van der Waals surface area (Å²) in [5.74, 6) is 0.237. The number of nitrogens with one attached hydrogen (secondary N) is 2. The van der Waals surface area contributed by atoms with E-state index in [2.05, 4.69) is 34.7 Å². The van der Waals surface area contributed by atoms with E-state index in [0.29, 0.717) is 13.1 Å². The molecule has 3 N–H and O–H groups in total. The molecular weight excluding hydrogens is 290 g/mol. The number of fused-ring (bicyclic) bond motifs is 1. The Bertz CT molecular complexity index is 653. The molecule has 0 aliphatic carbocycles. The van der Waals surface area contributed by atoms with Crippen molar-refractivity contribution in [2.24, 2.45) is 5.92 Å². The number of piperidine rings is 1. The lowest BCUT2D eigenvalue weighted by Gasteiger charge is -2.31. The van der Waals surface area contributed by atoms with Crippen LogP contribution in [-0.2, 0) is 6.42 Å². The van der Waals surface area contributed by atoms with Gasteiger partial charge in [-0.25, -0.2) is 4.79 Å². The van der Waals surface area contributed by atoms with E-state index in [1.54, 1.807) is 0 Å². The van der Waals surface area contributed by atoms with E-state index in [9.17, 15) is 9.90 Å². The number of H-pyrrole nitrogens is 1. The largest absolute Gasteiger partial charge is 0.396 e. The Morgan fingerprint density at radius 2 is 2.26 bits per heavy atom. The number of carbonyl (C=O) groups excluding carboxylic acids is 1. The third kappa shape index (κ3) is 3.85. The molecule has 124 valence electrons. The van der Waals surface area contributed by atoms with Crippen LogP contribution in [0.3, 0.4) is 0 Å². The van der Waals surface area contributed by atoms with E-state index in [0.717, 1.165) is 37.7 Å². The van der Waals surface area contributed by atoms with Crippen LogP contribution >= 0.6 is 0 Å². The first-order valence-electron chi connectivity index (χ1n) is 8.46. The van der Waals surface area contributed by atoms with Gasteiger partial charge in [0, 0.05) is 43.3 Å². The van der Waals surface area contributed by atoms with Crippen molar-refractivity contribution in [1.82, 2.24) is 15.2 Å². The molecule has 3 rings (SSSR count). The molecule has 5 nitrogen and oxygen atoms in total. The maximum atomic E-state index is 12.2. The molecule has 23 heavy (non-hydrogen) atoms. The molecule has 2 aromatic rings. The minimum atomic E-state index is 0.00192. The second-order valence-electron chi connectivity index (χ2n) is 6.33. The normalized spacial score (nSPS) is 18.3. The number of hydrogen-bond acceptors (Lipinski definition) is 2. The summed E-state index contributed by atoms with van der Waals surface area (Å²) in [6.07, 6.45) is 5.92. The lowest BCUT2D eigenvalue weighted by atomic mass is 9.99. The van der Waals surface area contributed by atoms with Gasteiger partial charge in [0.25, 0.3) is 0 Å². The summed E-state index contributed by atoms with van der Waals surface area (Å²) in [5.41, 5.74) is 2.46. The Hall–Kier alpha value is -2.01. The van der Waals surface area contributed by atoms with Gasteiger partial charge in [0.1, 0.15) is 0 Å². The molecule has 1 aliphatic rings. The Morgan fingerprint density at radius 3 is 3.13 bits per heavy atom. The molecule has 1 aromatic heterocycles. The first-order chi connectivity index (χ1) is 11.3. The van der Waals surface area contributed by atoms with Gasteiger partial charge in [0.2, 0.25) is 0 Å². The molecule has 0 radical (unpaired) electrons. The quantitative estimate of drug-likeness (QED) is 0.742. The molecule has 1 fully saturated rings. The van der Waals surface area contributed by atoms with Crippen LogP contribution < -0.4 is 5.32 Å². The van der Waals surface area contributed by atoms with E-state index in [1.807, 2.05) is 11.0 Å². The van der Waals surface area contributed by atoms with E-state index in [-0.39, 0.29) is 18.6 Å². The molecule has 1 aliphatic heterocycles. The Balaban J connectivity index is 1.43. The van der Waals surface area contributed by atoms with Gasteiger partial charge >= 0.3 is 6.03 Å². The summed E-state index contributed by atoms with van der Waals surface area (Å²) in [4.78, 5) is 17.3. The first kappa shape index (κ1) is 15.9. The summed E-state index contributed by atoms with van der Waals surface area (Å²) >= 11 is 0. The number of aromatic nitrogens is 1. The molecule has 0 bridgehead atoms. The van der Waals surface area contributed by atoms with Crippen molar-refractivity contribution in [3.63, 3.8) is 0 Å². The summed E-state index contributed by atoms with van der Waals surface area (Å²) in [5, 5.41) is 13.5. The van der Waals surface area contributed by atoms with Crippen molar-refractivity contribution < 1.29 is 9.90 Å². The van der Waals surface area contributed by atoms with E-state index >= 15 is 0 Å². The van der Waals surface area contributed by atoms with Crippen molar-refractivity contribution in [3.8, 4) is 0 Å². The number of carbonyl (C=O) groups is 1. The number of likely N-dealkylation sites (tertiary alicyclic amines) is 1. The number of rotatable bonds is 5. The van der Waals surface area contributed by atoms with Crippen LogP contribution in [0.25, 0.3) is 10.9 Å². The molecular formula is C18H25N3O2. The SMILES string of the molecule is O=C(NCCCc1c[nH]c2ccccc12)N1CCCC(CO)C1. The van der Waals surface area contributed by atoms with Crippen LogP contribution in [0.2, 0.25) is 0 Å². The van der Waals surface area contributed by atoms with Gasteiger partial charge in [0.15, 0.2) is 0 Å². The lowest BCUT2D eigenvalue weighted by Crippen LogP contribution is -2.46. The fraction of sp³-hybridized carbons (Fsp3) is 0.500. The summed E-state index contributed by atoms with van der Waals surface area (Å²) in [6.45, 7) is 2.32. The number of hydrogen-bond donors (Lipinski definition) is 3. The maximum absolute atomic E-state index is 12.2. The standard InChI is InChI=1S/C18H25N3O2/c22-13-14-5-4-10-21(12-14)18(23)19-9-3-6-15-11-20-17-8-2-1-7-16(15)17/h1-2,7-8,11,14,20,22H,3-6,9-10,12-13H2,(H,19,23). The zero-order valence-electron chi connectivity index (χ0n) is 13.4. The molecule has 1 atom stereocenters. The van der Waals surface area contributed by atoms with Gasteiger partial charge in [0.05, 0.1) is 0 Å². The van der Waals surface area contributed by atoms with Crippen molar-refractivity contribution in [3.05, 3.63) is 36.0 Å². The average Bonchev–Trinajstić information content (AvgIpc) is 3.02. The predicted molar refractivity (Wildman–Crippen MR) is 91.4 cm³/mol. The second kappa shape index (κ2) is 7.51. The number of amides is 2. The topological polar surface area (TPSA) is 68.4 Å². The van der Waals surface area contributed by atoms with Crippen molar-refractivity contribution in [1.29, 1.82) is 0 Å². The number of benzene rings is 1. The van der Waals surface area contributed by atoms with Crippen LogP contribution in [0.4, 0.5) is 4.79 Å². The molecule has 5 heteroatoms. The second-order valence-corrected chi connectivity index (χ2v) is 6.33. The zero-order chi connectivity index (χ0) is 16.1. The highest BCUT2D eigenvalue weighted by Gasteiger charge is 2.22. The van der Waals surface area contributed by atoms with Gasteiger partial charge in [-0.3, -0.25) is 0 Å². The number of aliphatic hydroxyl groups is 1. The van der Waals surface area contributed by atoms with Crippen molar-refractivity contribution >= 4 is 16.9 Å². The van der Waals surface area contributed by atoms with Crippen LogP contribution in [0.5, 0.6) is 0 Å². The number of aryl methyl sites for hydroxylation is 1. The van der Waals surface area contributed by atoms with Gasteiger partial charge in [-0.05, 0) is 43.2 Å². The minimum Gasteiger partial charge on any atom is -0.396 e. The van der Waals surface area contributed by atoms with E-state index < -0.39 is 0 Å². The van der Waals surface area contributed by atoms with Gasteiger partial charge in [-0.15, -0.1) is 0 Å². The molecule has 2 amide bonds. The lowest BCUT2D eigenvalue weighted by molar-refractivity contribution is 0.129. The number of urea groups is 1. The van der Waals surface area contributed by atoms with E-state index in [1.165, 1.54) is 10.9 Å². The highest BCUT2D eigenvalue weighted by Crippen LogP contribution is 2.19. The fourth-order valence-corrected chi connectivity index (χ4v) is 3.32. The maximum Gasteiger partial charge on any atom is 0.317 e. The molecule has 1 aromatic carbocycles. The Kier molecular flexibility index (Phi) is 5.18. The summed E-state index contributed by atoms with van der Waals surface area (Å²) in [7, 11) is 0. The number of aliphatic hydroxyl groups excluding tert-OH is 1. The fourth-order valence-electron chi connectivity index (χ4n) is 3.32. The monoisotopic (exact) mass is 315 g/mol. The average molecular weight is 315 g/mol. The number of aromatic amines is 1. The van der Waals surface area contributed by atoms with Crippen LogP contribution in [0.15, 0.2) is 30.5 Å². The summed E-state index contributed by atoms with van der Waals surface area (Å²) < 4.78 is 0. The van der Waals surface area contributed by atoms with Crippen LogP contribution in [0.1, 0.15) is 24.8 Å². The molecule has 1 saturated heterocycles. The molecule has 0 spiro atoms. The Labute approximate surface area is 136 Å². The van der Waals surface area contributed by atoms with Gasteiger partial charge in [-0.2, -0.15) is 0 Å². The third-order valence-electron chi connectivity index (χ3n) is 4.64. The van der Waals surface area contributed by atoms with Crippen LogP contribution in [-0.4, -0.2) is 47.3 Å². The highest BCUT2D eigenvalue weighted by atomic mass is 16.3.